The summed E-state index contributed by atoms with van der Waals surface area (Å²) >= 11 is 0. The molecule has 0 amide bonds. The van der Waals surface area contributed by atoms with Gasteiger partial charge < -0.3 is 5.32 Å². The van der Waals surface area contributed by atoms with Crippen LogP contribution in [-0.2, 0) is 6.42 Å². The summed E-state index contributed by atoms with van der Waals surface area (Å²) in [6.07, 6.45) is 2.23. The molecule has 0 aromatic carbocycles. The highest BCUT2D eigenvalue weighted by Crippen LogP contribution is 2.21. The number of aromatic nitrogens is 3. The third kappa shape index (κ3) is 1.07. The molecule has 0 aliphatic carbocycles. The zero-order chi connectivity index (χ0) is 8.55. The maximum absolute atomic E-state index is 4.13. The van der Waals surface area contributed by atoms with Crippen molar-refractivity contribution in [3.8, 4) is 0 Å². The maximum atomic E-state index is 4.13. The number of hydrogen-bond donors (Lipinski definition) is 1. The van der Waals surface area contributed by atoms with Crippen molar-refractivity contribution < 1.29 is 0 Å². The Morgan fingerprint density at radius 1 is 1.50 bits per heavy atom. The Morgan fingerprint density at radius 2 is 2.33 bits per heavy atom. The van der Waals surface area contributed by atoms with Crippen molar-refractivity contribution in [3.05, 3.63) is 5.69 Å². The quantitative estimate of drug-likeness (QED) is 0.682. The number of nitrogens with zero attached hydrogens (tertiary/aromatic N) is 3. The zero-order valence-electron chi connectivity index (χ0n) is 7.54. The van der Waals surface area contributed by atoms with Gasteiger partial charge >= 0.3 is 0 Å². The molecule has 0 bridgehead atoms. The van der Waals surface area contributed by atoms with Crippen LogP contribution >= 0.6 is 0 Å². The molecule has 0 spiro atoms. The Balaban J connectivity index is 2.38. The zero-order valence-corrected chi connectivity index (χ0v) is 7.54. The highest BCUT2D eigenvalue weighted by atomic mass is 15.5. The minimum atomic E-state index is 0.395. The average Bonchev–Trinajstić information content (AvgIpc) is 2.47. The molecule has 4 heteroatoms. The monoisotopic (exact) mass is 166 g/mol. The van der Waals surface area contributed by atoms with Crippen molar-refractivity contribution in [2.45, 2.75) is 32.7 Å². The van der Waals surface area contributed by atoms with Crippen LogP contribution in [-0.4, -0.2) is 21.5 Å². The van der Waals surface area contributed by atoms with Gasteiger partial charge in [-0.1, -0.05) is 5.21 Å². The lowest BCUT2D eigenvalue weighted by atomic mass is 10.2. The molecular formula is C8H14N4. The molecule has 0 saturated heterocycles. The van der Waals surface area contributed by atoms with Crippen LogP contribution in [0.1, 0.15) is 32.0 Å². The summed E-state index contributed by atoms with van der Waals surface area (Å²) in [7, 11) is 0. The van der Waals surface area contributed by atoms with Crippen LogP contribution in [0.25, 0.3) is 0 Å². The Kier molecular flexibility index (Phi) is 1.75. The van der Waals surface area contributed by atoms with Gasteiger partial charge in [-0.3, -0.25) is 0 Å². The molecule has 4 nitrogen and oxygen atoms in total. The molecule has 0 radical (unpaired) electrons. The van der Waals surface area contributed by atoms with Gasteiger partial charge in [0.05, 0.1) is 6.04 Å². The first-order chi connectivity index (χ1) is 5.79. The molecule has 0 fully saturated rings. The van der Waals surface area contributed by atoms with Gasteiger partial charge in [0.25, 0.3) is 0 Å². The van der Waals surface area contributed by atoms with Crippen LogP contribution in [0.15, 0.2) is 0 Å². The first kappa shape index (κ1) is 7.58. The van der Waals surface area contributed by atoms with Crippen molar-refractivity contribution in [2.24, 2.45) is 0 Å². The summed E-state index contributed by atoms with van der Waals surface area (Å²) in [5.41, 5.74) is 1.12. The summed E-state index contributed by atoms with van der Waals surface area (Å²) in [6, 6.07) is 0.395. The molecule has 1 aromatic rings. The summed E-state index contributed by atoms with van der Waals surface area (Å²) in [5.74, 6) is 1.12. The molecule has 1 N–H and O–H groups in total. The molecular weight excluding hydrogens is 152 g/mol. The standard InChI is InChI=1S/C8H14N4/c1-6(2)12-8-7(10-11-12)4-3-5-9-8/h6,9H,3-5H2,1-2H3. The van der Waals surface area contributed by atoms with E-state index in [2.05, 4.69) is 29.5 Å². The normalized spacial score (nSPS) is 15.9. The van der Waals surface area contributed by atoms with Crippen LogP contribution in [0, 0.1) is 0 Å². The molecule has 1 aliphatic heterocycles. The van der Waals surface area contributed by atoms with Gasteiger partial charge in [-0.25, -0.2) is 4.68 Å². The fourth-order valence-corrected chi connectivity index (χ4v) is 1.50. The largest absolute Gasteiger partial charge is 0.369 e. The predicted molar refractivity (Wildman–Crippen MR) is 47.2 cm³/mol. The number of nitrogens with one attached hydrogen (secondary N) is 1. The van der Waals surface area contributed by atoms with E-state index in [4.69, 9.17) is 0 Å². The van der Waals surface area contributed by atoms with E-state index in [0.29, 0.717) is 6.04 Å². The predicted octanol–water partition coefficient (Wildman–Crippen LogP) is 1.22. The van der Waals surface area contributed by atoms with E-state index in [1.165, 1.54) is 6.42 Å². The number of hydrogen-bond acceptors (Lipinski definition) is 3. The summed E-state index contributed by atoms with van der Waals surface area (Å²) in [6.45, 7) is 5.28. The lowest BCUT2D eigenvalue weighted by Crippen LogP contribution is -2.16. The smallest absolute Gasteiger partial charge is 0.148 e. The molecule has 1 aromatic heterocycles. The van der Waals surface area contributed by atoms with Crippen LogP contribution in [0.4, 0.5) is 5.82 Å². The number of anilines is 1. The third-order valence-corrected chi connectivity index (χ3v) is 2.14. The van der Waals surface area contributed by atoms with Crippen molar-refractivity contribution in [3.63, 3.8) is 0 Å². The maximum Gasteiger partial charge on any atom is 0.148 e. The van der Waals surface area contributed by atoms with Crippen LogP contribution in [0.2, 0.25) is 0 Å². The Bertz CT molecular complexity index is 277. The lowest BCUT2D eigenvalue weighted by Gasteiger charge is -2.16. The van der Waals surface area contributed by atoms with E-state index in [9.17, 15) is 0 Å². The number of aryl methyl sites for hydroxylation is 1. The lowest BCUT2D eigenvalue weighted by molar-refractivity contribution is 0.518. The second kappa shape index (κ2) is 2.77. The third-order valence-electron chi connectivity index (χ3n) is 2.14. The summed E-state index contributed by atoms with van der Waals surface area (Å²) < 4.78 is 1.95. The van der Waals surface area contributed by atoms with E-state index in [-0.39, 0.29) is 0 Å². The van der Waals surface area contributed by atoms with Gasteiger partial charge in [0.15, 0.2) is 0 Å². The Labute approximate surface area is 72.0 Å². The first-order valence-corrected chi connectivity index (χ1v) is 4.47. The minimum Gasteiger partial charge on any atom is -0.369 e. The van der Waals surface area contributed by atoms with Gasteiger partial charge in [-0.15, -0.1) is 5.10 Å². The van der Waals surface area contributed by atoms with E-state index in [1.807, 2.05) is 4.68 Å². The van der Waals surface area contributed by atoms with Crippen molar-refractivity contribution in [2.75, 3.05) is 11.9 Å². The second-order valence-electron chi connectivity index (χ2n) is 3.45. The molecule has 1 aliphatic rings. The van der Waals surface area contributed by atoms with Crippen molar-refractivity contribution in [1.82, 2.24) is 15.0 Å². The van der Waals surface area contributed by atoms with E-state index >= 15 is 0 Å². The second-order valence-corrected chi connectivity index (χ2v) is 3.45. The fraction of sp³-hybridized carbons (Fsp3) is 0.750. The Hall–Kier alpha value is -1.06. The van der Waals surface area contributed by atoms with Gasteiger partial charge in [0.1, 0.15) is 11.5 Å². The Morgan fingerprint density at radius 3 is 3.08 bits per heavy atom. The van der Waals surface area contributed by atoms with E-state index in [1.54, 1.807) is 0 Å². The van der Waals surface area contributed by atoms with Gasteiger partial charge in [0.2, 0.25) is 0 Å². The summed E-state index contributed by atoms with van der Waals surface area (Å²) in [4.78, 5) is 0. The molecule has 2 rings (SSSR count). The van der Waals surface area contributed by atoms with Crippen LogP contribution in [0.5, 0.6) is 0 Å². The van der Waals surface area contributed by atoms with Gasteiger partial charge in [0, 0.05) is 6.54 Å². The average molecular weight is 166 g/mol. The number of fused-ring (bicyclic) bond motifs is 1. The summed E-state index contributed by atoms with van der Waals surface area (Å²) in [5, 5.41) is 11.6. The topological polar surface area (TPSA) is 42.7 Å². The van der Waals surface area contributed by atoms with E-state index in [0.717, 1.165) is 24.5 Å². The molecule has 0 atom stereocenters. The van der Waals surface area contributed by atoms with Gasteiger partial charge in [-0.2, -0.15) is 0 Å². The molecule has 66 valence electrons. The van der Waals surface area contributed by atoms with Crippen molar-refractivity contribution >= 4 is 5.82 Å². The van der Waals surface area contributed by atoms with Gasteiger partial charge in [-0.05, 0) is 26.7 Å². The fourth-order valence-electron chi connectivity index (χ4n) is 1.50. The van der Waals surface area contributed by atoms with Crippen LogP contribution in [0.3, 0.4) is 0 Å². The molecule has 2 heterocycles. The SMILES string of the molecule is CC(C)n1nnc2c1NCCC2. The molecule has 0 saturated carbocycles. The minimum absolute atomic E-state index is 0.395. The molecule has 0 unspecified atom stereocenters. The molecule has 12 heavy (non-hydrogen) atoms. The van der Waals surface area contributed by atoms with E-state index < -0.39 is 0 Å². The number of rotatable bonds is 1. The van der Waals surface area contributed by atoms with Crippen LogP contribution < -0.4 is 5.32 Å². The highest BCUT2D eigenvalue weighted by molar-refractivity contribution is 5.42. The first-order valence-electron chi connectivity index (χ1n) is 4.47. The van der Waals surface area contributed by atoms with Crippen molar-refractivity contribution in [1.29, 1.82) is 0 Å². The highest BCUT2D eigenvalue weighted by Gasteiger charge is 2.17.